The Hall–Kier alpha value is -3.74. The zero-order valence-electron chi connectivity index (χ0n) is 27.3. The van der Waals surface area contributed by atoms with E-state index in [0.29, 0.717) is 32.3 Å². The van der Waals surface area contributed by atoms with Gasteiger partial charge in [0, 0.05) is 5.56 Å². The Labute approximate surface area is 271 Å². The number of oxazole rings is 1. The molecule has 4 aromatic rings. The van der Waals surface area contributed by atoms with Gasteiger partial charge in [-0.2, -0.15) is 0 Å². The van der Waals surface area contributed by atoms with Crippen LogP contribution in [-0.2, 0) is 31.1 Å². The van der Waals surface area contributed by atoms with Gasteiger partial charge >= 0.3 is 11.7 Å². The maximum absolute atomic E-state index is 14.6. The number of fused-ring (bicyclic) bond motifs is 3. The van der Waals surface area contributed by atoms with E-state index >= 15 is 0 Å². The summed E-state index contributed by atoms with van der Waals surface area (Å²) in [6.45, 7) is 10.1. The third-order valence-corrected chi connectivity index (χ3v) is 10.0. The van der Waals surface area contributed by atoms with E-state index < -0.39 is 34.5 Å². The fraction of sp³-hybridized carbons (Fsp3) is 0.529. The molecule has 0 spiro atoms. The molecule has 246 valence electrons. The van der Waals surface area contributed by atoms with Crippen molar-refractivity contribution in [3.8, 4) is 16.5 Å². The monoisotopic (exact) mass is 651 g/mol. The summed E-state index contributed by atoms with van der Waals surface area (Å²) in [5.41, 5.74) is -2.32. The number of para-hydroxylation sites is 1. The first-order valence-corrected chi connectivity index (χ1v) is 16.5. The predicted octanol–water partition coefficient (Wildman–Crippen LogP) is 5.74. The number of hydrogen-bond donors (Lipinski definition) is 0. The summed E-state index contributed by atoms with van der Waals surface area (Å²) in [5.74, 6) is 0.267. The Kier molecular flexibility index (Phi) is 8.49. The number of aryl methyl sites for hydroxylation is 1. The molecule has 2 saturated heterocycles. The number of rotatable bonds is 9. The molecule has 11 nitrogen and oxygen atoms in total. The highest BCUT2D eigenvalue weighted by Crippen LogP contribution is 2.40. The van der Waals surface area contributed by atoms with E-state index in [1.54, 1.807) is 34.8 Å². The van der Waals surface area contributed by atoms with Gasteiger partial charge in [-0.25, -0.2) is 19.1 Å². The molecule has 0 aliphatic carbocycles. The largest absolute Gasteiger partial charge is 0.496 e. The van der Waals surface area contributed by atoms with Crippen LogP contribution in [0.3, 0.4) is 0 Å². The van der Waals surface area contributed by atoms with E-state index in [0.717, 1.165) is 35.8 Å². The maximum atomic E-state index is 14.6. The number of esters is 1. The molecule has 0 N–H and O–H groups in total. The number of carbonyl (C=O) groups excluding carboxylic acids is 1. The lowest BCUT2D eigenvalue weighted by atomic mass is 10.0. The Bertz CT molecular complexity index is 1850. The van der Waals surface area contributed by atoms with Crippen molar-refractivity contribution >= 4 is 27.5 Å². The minimum Gasteiger partial charge on any atom is -0.496 e. The molecule has 0 amide bonds. The number of thiophene rings is 1. The number of methoxy groups -OCH3 is 1. The fourth-order valence-electron chi connectivity index (χ4n) is 6.50. The van der Waals surface area contributed by atoms with Gasteiger partial charge in [-0.05, 0) is 78.9 Å². The van der Waals surface area contributed by atoms with Gasteiger partial charge in [0.25, 0.3) is 5.56 Å². The Morgan fingerprint density at radius 3 is 2.43 bits per heavy atom. The molecule has 0 radical (unpaired) electrons. The number of nitrogens with zero attached hydrogens (tertiary/aromatic N) is 3. The van der Waals surface area contributed by atoms with Crippen LogP contribution in [0.5, 0.6) is 5.75 Å². The van der Waals surface area contributed by atoms with Crippen LogP contribution in [0.2, 0.25) is 0 Å². The van der Waals surface area contributed by atoms with Crippen LogP contribution in [0.15, 0.2) is 50.7 Å². The SMILES string of the molecule is COc1ccccc1[C@H](Cn1c(=O)n(C(C)(C)C(=O)OC(C)(C)C)c(=O)c2c(C)c(-c3ncco3)sc21)O[C@@H]1C[C@H]2CC[C@@H](C1)O2. The second-order valence-electron chi connectivity index (χ2n) is 13.6. The first kappa shape index (κ1) is 32.2. The molecule has 0 unspecified atom stereocenters. The zero-order valence-corrected chi connectivity index (χ0v) is 28.1. The highest BCUT2D eigenvalue weighted by Gasteiger charge is 2.40. The molecule has 2 aliphatic heterocycles. The topological polar surface area (TPSA) is 124 Å². The van der Waals surface area contributed by atoms with E-state index in [4.69, 9.17) is 23.4 Å². The molecule has 3 aromatic heterocycles. The molecule has 2 aliphatic rings. The van der Waals surface area contributed by atoms with Crippen LogP contribution in [0.25, 0.3) is 21.0 Å². The first-order valence-electron chi connectivity index (χ1n) is 15.6. The van der Waals surface area contributed by atoms with Gasteiger partial charge in [0.2, 0.25) is 5.89 Å². The summed E-state index contributed by atoms with van der Waals surface area (Å²) in [5, 5.41) is 0.303. The standard InChI is InChI=1S/C34H41N3O8S/c1-19-26-29(38)37(34(5,6)31(39)45-33(2,3)4)32(40)36(30(26)46-27(19)28-35-14-15-42-28)18-25(23-10-8-9-11-24(23)41-7)44-22-16-20-12-13-21(17-22)43-20/h8-11,14-15,20-22,25H,12-13,16-18H2,1-7H3/t20-,21+,22-,25-/m0/s1. The predicted molar refractivity (Wildman–Crippen MR) is 173 cm³/mol. The number of carbonyl (C=O) groups is 1. The summed E-state index contributed by atoms with van der Waals surface area (Å²) in [7, 11) is 1.60. The van der Waals surface area contributed by atoms with Crippen LogP contribution in [0, 0.1) is 6.92 Å². The van der Waals surface area contributed by atoms with Gasteiger partial charge in [0.1, 0.15) is 34.1 Å². The first-order chi connectivity index (χ1) is 21.8. The summed E-state index contributed by atoms with van der Waals surface area (Å²) in [4.78, 5) is 47.9. The van der Waals surface area contributed by atoms with Crippen molar-refractivity contribution in [2.75, 3.05) is 7.11 Å². The summed E-state index contributed by atoms with van der Waals surface area (Å²) in [6, 6.07) is 7.58. The highest BCUT2D eigenvalue weighted by atomic mass is 32.1. The number of ether oxygens (including phenoxy) is 4. The van der Waals surface area contributed by atoms with Crippen molar-refractivity contribution in [1.29, 1.82) is 0 Å². The van der Waals surface area contributed by atoms with Crippen molar-refractivity contribution in [1.82, 2.24) is 14.1 Å². The van der Waals surface area contributed by atoms with Gasteiger partial charge in [-0.3, -0.25) is 9.36 Å². The molecule has 46 heavy (non-hydrogen) atoms. The van der Waals surface area contributed by atoms with E-state index in [1.165, 1.54) is 42.2 Å². The van der Waals surface area contributed by atoms with E-state index in [2.05, 4.69) is 4.98 Å². The second kappa shape index (κ2) is 12.1. The van der Waals surface area contributed by atoms with Crippen LogP contribution in [0.1, 0.15) is 77.5 Å². The minimum absolute atomic E-state index is 0.0536. The molecule has 6 rings (SSSR count). The second-order valence-corrected chi connectivity index (χ2v) is 14.6. The van der Waals surface area contributed by atoms with Gasteiger partial charge in [0.05, 0.1) is 48.4 Å². The quantitative estimate of drug-likeness (QED) is 0.208. The summed E-state index contributed by atoms with van der Waals surface area (Å²) < 4.78 is 32.5. The molecule has 2 bridgehead atoms. The zero-order chi connectivity index (χ0) is 33.0. The lowest BCUT2D eigenvalue weighted by Gasteiger charge is -2.33. The molecule has 2 fully saturated rings. The average Bonchev–Trinajstić information content (AvgIpc) is 3.72. The number of benzene rings is 1. The fourth-order valence-corrected chi connectivity index (χ4v) is 7.74. The van der Waals surface area contributed by atoms with Crippen molar-refractivity contribution in [2.45, 2.75) is 109 Å². The van der Waals surface area contributed by atoms with Crippen molar-refractivity contribution in [2.24, 2.45) is 0 Å². The third kappa shape index (κ3) is 5.93. The Morgan fingerprint density at radius 2 is 1.80 bits per heavy atom. The Morgan fingerprint density at radius 1 is 1.11 bits per heavy atom. The van der Waals surface area contributed by atoms with E-state index in [9.17, 15) is 14.4 Å². The lowest BCUT2D eigenvalue weighted by molar-refractivity contribution is -0.164. The van der Waals surface area contributed by atoms with Crippen molar-refractivity contribution in [3.05, 3.63) is 68.7 Å². The molecular formula is C34H41N3O8S. The number of aromatic nitrogens is 3. The van der Waals surface area contributed by atoms with Crippen molar-refractivity contribution in [3.63, 3.8) is 0 Å². The van der Waals surface area contributed by atoms with Crippen LogP contribution in [-0.4, -0.2) is 51.1 Å². The minimum atomic E-state index is -1.63. The molecule has 12 heteroatoms. The normalized spacial score (nSPS) is 20.6. The third-order valence-electron chi connectivity index (χ3n) is 8.73. The van der Waals surface area contributed by atoms with Gasteiger partial charge in [-0.1, -0.05) is 18.2 Å². The van der Waals surface area contributed by atoms with Crippen molar-refractivity contribution < 1.29 is 28.2 Å². The van der Waals surface area contributed by atoms with Crippen LogP contribution < -0.4 is 16.0 Å². The highest BCUT2D eigenvalue weighted by molar-refractivity contribution is 7.22. The van der Waals surface area contributed by atoms with Gasteiger partial charge in [0.15, 0.2) is 0 Å². The smallest absolute Gasteiger partial charge is 0.333 e. The average molecular weight is 652 g/mol. The molecule has 1 aromatic carbocycles. The molecule has 0 saturated carbocycles. The summed E-state index contributed by atoms with van der Waals surface area (Å²) >= 11 is 1.25. The van der Waals surface area contributed by atoms with Crippen LogP contribution >= 0.6 is 11.3 Å². The van der Waals surface area contributed by atoms with Crippen LogP contribution in [0.4, 0.5) is 0 Å². The maximum Gasteiger partial charge on any atom is 0.333 e. The molecule has 5 heterocycles. The number of hydrogen-bond acceptors (Lipinski definition) is 10. The Balaban J connectivity index is 1.55. The molecular weight excluding hydrogens is 610 g/mol. The van der Waals surface area contributed by atoms with Gasteiger partial charge < -0.3 is 23.4 Å². The lowest BCUT2D eigenvalue weighted by Crippen LogP contribution is -2.54. The van der Waals surface area contributed by atoms with E-state index in [1.807, 2.05) is 24.3 Å². The summed E-state index contributed by atoms with van der Waals surface area (Å²) in [6.07, 6.45) is 6.10. The van der Waals surface area contributed by atoms with E-state index in [-0.39, 0.29) is 24.9 Å². The van der Waals surface area contributed by atoms with Gasteiger partial charge in [-0.15, -0.1) is 11.3 Å². The molecule has 4 atom stereocenters.